The maximum absolute atomic E-state index is 8.27. The third-order valence-corrected chi connectivity index (χ3v) is 1.90. The summed E-state index contributed by atoms with van der Waals surface area (Å²) in [4.78, 5) is 2.76. The summed E-state index contributed by atoms with van der Waals surface area (Å²) in [6, 6.07) is 7.44. The van der Waals surface area contributed by atoms with E-state index in [4.69, 9.17) is 10.3 Å². The molecule has 0 bridgehead atoms. The van der Waals surface area contributed by atoms with E-state index in [0.717, 1.165) is 11.3 Å². The van der Waals surface area contributed by atoms with E-state index in [0.29, 0.717) is 6.61 Å². The number of nitrogens with zero attached hydrogens (tertiary/aromatic N) is 3. The lowest BCUT2D eigenvalue weighted by Gasteiger charge is -2.06. The van der Waals surface area contributed by atoms with Crippen molar-refractivity contribution in [3.05, 3.63) is 40.3 Å². The van der Waals surface area contributed by atoms with Gasteiger partial charge in [-0.1, -0.05) is 24.2 Å². The normalized spacial score (nSPS) is 11.6. The van der Waals surface area contributed by atoms with Gasteiger partial charge in [0.1, 0.15) is 5.75 Å². The van der Waals surface area contributed by atoms with Crippen LogP contribution in [0, 0.1) is 0 Å². The first kappa shape index (κ1) is 10.4. The molecule has 0 saturated heterocycles. The summed E-state index contributed by atoms with van der Waals surface area (Å²) in [5, 5.41) is 3.61. The first-order valence-electron chi connectivity index (χ1n) is 4.55. The highest BCUT2D eigenvalue weighted by atomic mass is 16.5. The van der Waals surface area contributed by atoms with Crippen molar-refractivity contribution < 1.29 is 4.74 Å². The van der Waals surface area contributed by atoms with Gasteiger partial charge in [-0.3, -0.25) is 0 Å². The van der Waals surface area contributed by atoms with E-state index >= 15 is 0 Å². The van der Waals surface area contributed by atoms with Gasteiger partial charge in [-0.25, -0.2) is 0 Å². The van der Waals surface area contributed by atoms with Gasteiger partial charge < -0.3 is 4.74 Å². The topological polar surface area (TPSA) is 58.0 Å². The van der Waals surface area contributed by atoms with E-state index in [9.17, 15) is 0 Å². The minimum Gasteiger partial charge on any atom is -0.494 e. The van der Waals surface area contributed by atoms with Gasteiger partial charge in [-0.15, -0.1) is 0 Å². The predicted molar refractivity (Wildman–Crippen MR) is 55.2 cm³/mol. The Balaban J connectivity index is 2.77. The van der Waals surface area contributed by atoms with Gasteiger partial charge in [0.25, 0.3) is 0 Å². The Morgan fingerprint density at radius 1 is 1.43 bits per heavy atom. The molecule has 0 aliphatic rings. The van der Waals surface area contributed by atoms with Crippen molar-refractivity contribution in [1.82, 2.24) is 0 Å². The lowest BCUT2D eigenvalue weighted by atomic mass is 10.1. The highest BCUT2D eigenvalue weighted by molar-refractivity contribution is 5.28. The molecule has 1 aromatic carbocycles. The molecule has 0 amide bonds. The van der Waals surface area contributed by atoms with E-state index in [1.807, 2.05) is 38.1 Å². The average Bonchev–Trinajstić information content (AvgIpc) is 2.20. The van der Waals surface area contributed by atoms with Gasteiger partial charge in [0, 0.05) is 4.91 Å². The molecule has 0 aromatic heterocycles. The lowest BCUT2D eigenvalue weighted by Crippen LogP contribution is -1.92. The van der Waals surface area contributed by atoms with Crippen LogP contribution in [-0.2, 0) is 0 Å². The summed E-state index contributed by atoms with van der Waals surface area (Å²) < 4.78 is 5.30. The van der Waals surface area contributed by atoms with Crippen LogP contribution in [0.4, 0.5) is 0 Å². The van der Waals surface area contributed by atoms with Crippen molar-refractivity contribution in [2.45, 2.75) is 19.9 Å². The zero-order valence-corrected chi connectivity index (χ0v) is 8.34. The van der Waals surface area contributed by atoms with E-state index in [2.05, 4.69) is 10.0 Å². The predicted octanol–water partition coefficient (Wildman–Crippen LogP) is 3.46. The lowest BCUT2D eigenvalue weighted by molar-refractivity contribution is 0.340. The molecule has 0 aliphatic carbocycles. The molecule has 0 unspecified atom stereocenters. The maximum atomic E-state index is 8.27. The smallest absolute Gasteiger partial charge is 0.119 e. The largest absolute Gasteiger partial charge is 0.494 e. The summed E-state index contributed by atoms with van der Waals surface area (Å²) in [6.45, 7) is 4.46. The number of rotatable bonds is 4. The van der Waals surface area contributed by atoms with Crippen LogP contribution in [0.25, 0.3) is 10.4 Å². The van der Waals surface area contributed by atoms with Crippen LogP contribution in [0.5, 0.6) is 5.75 Å². The standard InChI is InChI=1S/C10H13N3O/c1-3-14-10-6-4-9(5-7-10)8(2)12-13-11/h4-8H,3H2,1-2H3/t8-/m1/s1. The highest BCUT2D eigenvalue weighted by Crippen LogP contribution is 2.20. The first-order valence-corrected chi connectivity index (χ1v) is 4.55. The molecule has 0 saturated carbocycles. The summed E-state index contributed by atoms with van der Waals surface area (Å²) >= 11 is 0. The minimum atomic E-state index is -0.129. The molecule has 4 heteroatoms. The van der Waals surface area contributed by atoms with Gasteiger partial charge in [0.2, 0.25) is 0 Å². The van der Waals surface area contributed by atoms with E-state index in [1.54, 1.807) is 0 Å². The van der Waals surface area contributed by atoms with E-state index in [-0.39, 0.29) is 6.04 Å². The molecular formula is C10H13N3O. The molecule has 0 aliphatic heterocycles. The fourth-order valence-corrected chi connectivity index (χ4v) is 1.15. The molecule has 0 fully saturated rings. The number of hydrogen-bond acceptors (Lipinski definition) is 2. The van der Waals surface area contributed by atoms with Crippen molar-refractivity contribution in [3.8, 4) is 5.75 Å². The molecule has 1 rings (SSSR count). The third-order valence-electron chi connectivity index (χ3n) is 1.90. The highest BCUT2D eigenvalue weighted by Gasteiger charge is 2.01. The third kappa shape index (κ3) is 2.68. The summed E-state index contributed by atoms with van der Waals surface area (Å²) in [7, 11) is 0. The molecule has 0 heterocycles. The second kappa shape index (κ2) is 5.14. The van der Waals surface area contributed by atoms with Gasteiger partial charge in [0.05, 0.1) is 12.6 Å². The van der Waals surface area contributed by atoms with Crippen LogP contribution in [-0.4, -0.2) is 6.61 Å². The van der Waals surface area contributed by atoms with Gasteiger partial charge in [-0.2, -0.15) is 0 Å². The molecule has 0 N–H and O–H groups in total. The molecular weight excluding hydrogens is 178 g/mol. The van der Waals surface area contributed by atoms with E-state index < -0.39 is 0 Å². The van der Waals surface area contributed by atoms with Crippen molar-refractivity contribution >= 4 is 0 Å². The molecule has 0 spiro atoms. The molecule has 74 valence electrons. The monoisotopic (exact) mass is 191 g/mol. The second-order valence-corrected chi connectivity index (χ2v) is 2.88. The van der Waals surface area contributed by atoms with Crippen LogP contribution >= 0.6 is 0 Å². The zero-order valence-electron chi connectivity index (χ0n) is 8.34. The summed E-state index contributed by atoms with van der Waals surface area (Å²) in [5.74, 6) is 0.837. The Bertz CT molecular complexity index is 328. The summed E-state index contributed by atoms with van der Waals surface area (Å²) in [6.07, 6.45) is 0. The van der Waals surface area contributed by atoms with Crippen molar-refractivity contribution in [1.29, 1.82) is 0 Å². The minimum absolute atomic E-state index is 0.129. The van der Waals surface area contributed by atoms with Crippen LogP contribution in [0.3, 0.4) is 0 Å². The second-order valence-electron chi connectivity index (χ2n) is 2.88. The zero-order chi connectivity index (χ0) is 10.4. The number of hydrogen-bond donors (Lipinski definition) is 0. The molecule has 4 nitrogen and oxygen atoms in total. The Morgan fingerprint density at radius 2 is 2.07 bits per heavy atom. The first-order chi connectivity index (χ1) is 6.77. The maximum Gasteiger partial charge on any atom is 0.119 e. The van der Waals surface area contributed by atoms with Gasteiger partial charge in [-0.05, 0) is 30.2 Å². The van der Waals surface area contributed by atoms with Crippen molar-refractivity contribution in [2.75, 3.05) is 6.61 Å². The number of azide groups is 1. The Hall–Kier alpha value is -1.67. The Kier molecular flexibility index (Phi) is 3.83. The quantitative estimate of drug-likeness (QED) is 0.408. The summed E-state index contributed by atoms with van der Waals surface area (Å²) in [5.41, 5.74) is 9.26. The SMILES string of the molecule is CCOc1ccc([C@@H](C)N=[N+]=[N-])cc1. The van der Waals surface area contributed by atoms with E-state index in [1.165, 1.54) is 0 Å². The number of benzene rings is 1. The van der Waals surface area contributed by atoms with Crippen LogP contribution < -0.4 is 4.74 Å². The van der Waals surface area contributed by atoms with Crippen molar-refractivity contribution in [2.24, 2.45) is 5.11 Å². The Labute approximate surface area is 83.1 Å². The molecule has 1 aromatic rings. The van der Waals surface area contributed by atoms with Crippen LogP contribution in [0.1, 0.15) is 25.5 Å². The van der Waals surface area contributed by atoms with Crippen molar-refractivity contribution in [3.63, 3.8) is 0 Å². The Morgan fingerprint density at radius 3 is 2.57 bits per heavy atom. The molecule has 14 heavy (non-hydrogen) atoms. The number of ether oxygens (including phenoxy) is 1. The average molecular weight is 191 g/mol. The fraction of sp³-hybridized carbons (Fsp3) is 0.400. The molecule has 1 atom stereocenters. The van der Waals surface area contributed by atoms with Crippen LogP contribution in [0.15, 0.2) is 29.4 Å². The molecule has 0 radical (unpaired) electrons. The van der Waals surface area contributed by atoms with Crippen LogP contribution in [0.2, 0.25) is 0 Å². The van der Waals surface area contributed by atoms with Gasteiger partial charge in [0.15, 0.2) is 0 Å². The van der Waals surface area contributed by atoms with Gasteiger partial charge >= 0.3 is 0 Å². The fourth-order valence-electron chi connectivity index (χ4n) is 1.15.